The molecule has 0 saturated carbocycles. The van der Waals surface area contributed by atoms with Crippen molar-refractivity contribution in [1.82, 2.24) is 0 Å². The van der Waals surface area contributed by atoms with E-state index in [1.807, 2.05) is 0 Å². The normalized spacial score (nSPS) is 16.0. The highest BCUT2D eigenvalue weighted by molar-refractivity contribution is 5.27. The lowest BCUT2D eigenvalue weighted by atomic mass is 10.1. The third-order valence-corrected chi connectivity index (χ3v) is 5.49. The summed E-state index contributed by atoms with van der Waals surface area (Å²) in [6, 6.07) is 8.57. The molecule has 1 unspecified atom stereocenters. The first kappa shape index (κ1) is 23.0. The molecule has 158 valence electrons. The van der Waals surface area contributed by atoms with Crippen LogP contribution in [0.3, 0.4) is 0 Å². The van der Waals surface area contributed by atoms with Gasteiger partial charge in [0, 0.05) is 0 Å². The zero-order chi connectivity index (χ0) is 19.7. The van der Waals surface area contributed by atoms with Gasteiger partial charge in [-0.05, 0) is 56.2 Å². The molecule has 2 heteroatoms. The summed E-state index contributed by atoms with van der Waals surface area (Å²) in [5.74, 6) is 0.957. The van der Waals surface area contributed by atoms with Crippen LogP contribution in [0, 0.1) is 0 Å². The van der Waals surface area contributed by atoms with Gasteiger partial charge in [-0.15, -0.1) is 0 Å². The largest absolute Gasteiger partial charge is 0.491 e. The lowest BCUT2D eigenvalue weighted by molar-refractivity contribution is 0.263. The number of aryl methyl sites for hydroxylation is 1. The topological polar surface area (TPSA) is 21.8 Å². The van der Waals surface area contributed by atoms with Gasteiger partial charge in [0.05, 0.1) is 6.61 Å². The van der Waals surface area contributed by atoms with Gasteiger partial charge in [0.15, 0.2) is 0 Å². The third-order valence-electron chi connectivity index (χ3n) is 5.49. The van der Waals surface area contributed by atoms with Crippen LogP contribution in [0.25, 0.3) is 0 Å². The second kappa shape index (κ2) is 15.6. The fourth-order valence-corrected chi connectivity index (χ4v) is 3.51. The quantitative estimate of drug-likeness (QED) is 0.147. The first-order valence-electron chi connectivity index (χ1n) is 11.9. The molecular formula is C26H42O2. The van der Waals surface area contributed by atoms with E-state index in [2.05, 4.69) is 43.3 Å². The Labute approximate surface area is 173 Å². The third kappa shape index (κ3) is 12.2. The van der Waals surface area contributed by atoms with Crippen LogP contribution in [0.4, 0.5) is 0 Å². The lowest BCUT2D eigenvalue weighted by Gasteiger charge is -2.05. The van der Waals surface area contributed by atoms with Crippen molar-refractivity contribution < 1.29 is 9.47 Å². The Morgan fingerprint density at radius 2 is 1.39 bits per heavy atom. The summed E-state index contributed by atoms with van der Waals surface area (Å²) in [5.41, 5.74) is 1.41. The number of allylic oxidation sites excluding steroid dienone is 2. The molecular weight excluding hydrogens is 344 g/mol. The molecule has 0 radical (unpaired) electrons. The molecule has 0 spiro atoms. The number of ether oxygens (including phenoxy) is 2. The maximum absolute atomic E-state index is 5.68. The summed E-state index contributed by atoms with van der Waals surface area (Å²) in [7, 11) is 0. The summed E-state index contributed by atoms with van der Waals surface area (Å²) < 4.78 is 10.8. The zero-order valence-corrected chi connectivity index (χ0v) is 18.2. The van der Waals surface area contributed by atoms with Crippen molar-refractivity contribution in [3.63, 3.8) is 0 Å². The molecule has 28 heavy (non-hydrogen) atoms. The van der Waals surface area contributed by atoms with Crippen LogP contribution in [0.15, 0.2) is 36.4 Å². The number of benzene rings is 1. The van der Waals surface area contributed by atoms with E-state index in [0.717, 1.165) is 18.8 Å². The molecule has 0 aromatic heterocycles. The highest BCUT2D eigenvalue weighted by Gasteiger charge is 2.22. The van der Waals surface area contributed by atoms with E-state index in [0.29, 0.717) is 12.7 Å². The predicted octanol–water partition coefficient (Wildman–Crippen LogP) is 7.65. The average Bonchev–Trinajstić information content (AvgIpc) is 3.55. The Morgan fingerprint density at radius 3 is 2.00 bits per heavy atom. The van der Waals surface area contributed by atoms with Gasteiger partial charge in [0.1, 0.15) is 18.5 Å². The Kier molecular flexibility index (Phi) is 12.8. The molecule has 1 atom stereocenters. The first-order chi connectivity index (χ1) is 13.9. The van der Waals surface area contributed by atoms with Crippen LogP contribution in [0.5, 0.6) is 5.75 Å². The highest BCUT2D eigenvalue weighted by Crippen LogP contribution is 2.17. The van der Waals surface area contributed by atoms with Crippen LogP contribution < -0.4 is 4.74 Å². The summed E-state index contributed by atoms with van der Waals surface area (Å²) in [4.78, 5) is 0. The standard InChI is InChI=1S/C26H42O2/c1-2-3-4-5-6-7-8-9-10-11-12-13-14-15-16-17-24-18-20-25(21-19-24)27-22-26-23-28-26/h12-13,18-21,26H,2-11,14-17,22-23H2,1H3/b13-12+. The van der Waals surface area contributed by atoms with E-state index in [4.69, 9.17) is 9.47 Å². The van der Waals surface area contributed by atoms with E-state index in [1.165, 1.54) is 89.0 Å². The van der Waals surface area contributed by atoms with Crippen LogP contribution in [-0.2, 0) is 11.2 Å². The number of epoxide rings is 1. The van der Waals surface area contributed by atoms with Gasteiger partial charge >= 0.3 is 0 Å². The van der Waals surface area contributed by atoms with Gasteiger partial charge < -0.3 is 9.47 Å². The van der Waals surface area contributed by atoms with Crippen molar-refractivity contribution >= 4 is 0 Å². The number of hydrogen-bond acceptors (Lipinski definition) is 2. The minimum atomic E-state index is 0.327. The van der Waals surface area contributed by atoms with Crippen molar-refractivity contribution in [3.8, 4) is 5.75 Å². The van der Waals surface area contributed by atoms with Crippen LogP contribution >= 0.6 is 0 Å². The molecule has 0 aliphatic carbocycles. The second-order valence-electron chi connectivity index (χ2n) is 8.24. The van der Waals surface area contributed by atoms with Gasteiger partial charge in [-0.1, -0.05) is 82.6 Å². The molecule has 2 rings (SSSR count). The Hall–Kier alpha value is -1.28. The van der Waals surface area contributed by atoms with Crippen molar-refractivity contribution in [2.24, 2.45) is 0 Å². The molecule has 1 aromatic rings. The molecule has 1 aliphatic heterocycles. The first-order valence-corrected chi connectivity index (χ1v) is 11.9. The average molecular weight is 387 g/mol. The predicted molar refractivity (Wildman–Crippen MR) is 120 cm³/mol. The minimum Gasteiger partial charge on any atom is -0.491 e. The van der Waals surface area contributed by atoms with Gasteiger partial charge in [-0.25, -0.2) is 0 Å². The fraction of sp³-hybridized carbons (Fsp3) is 0.692. The monoisotopic (exact) mass is 386 g/mol. The maximum atomic E-state index is 5.68. The van der Waals surface area contributed by atoms with E-state index < -0.39 is 0 Å². The van der Waals surface area contributed by atoms with E-state index in [1.54, 1.807) is 0 Å². The molecule has 0 bridgehead atoms. The summed E-state index contributed by atoms with van der Waals surface area (Å²) in [5, 5.41) is 0. The minimum absolute atomic E-state index is 0.327. The number of rotatable bonds is 18. The highest BCUT2D eigenvalue weighted by atomic mass is 16.6. The van der Waals surface area contributed by atoms with Gasteiger partial charge in [0.2, 0.25) is 0 Å². The Morgan fingerprint density at radius 1 is 0.821 bits per heavy atom. The van der Waals surface area contributed by atoms with E-state index >= 15 is 0 Å². The van der Waals surface area contributed by atoms with Crippen molar-refractivity contribution in [2.45, 2.75) is 103 Å². The summed E-state index contributed by atoms with van der Waals surface area (Å²) >= 11 is 0. The summed E-state index contributed by atoms with van der Waals surface area (Å²) in [6.07, 6.45) is 24.1. The molecule has 2 nitrogen and oxygen atoms in total. The lowest BCUT2D eigenvalue weighted by Crippen LogP contribution is -2.03. The van der Waals surface area contributed by atoms with Crippen LogP contribution in [0.2, 0.25) is 0 Å². The van der Waals surface area contributed by atoms with Crippen LogP contribution in [0.1, 0.15) is 96.0 Å². The van der Waals surface area contributed by atoms with E-state index in [9.17, 15) is 0 Å². The molecule has 1 fully saturated rings. The number of unbranched alkanes of at least 4 members (excludes halogenated alkanes) is 11. The van der Waals surface area contributed by atoms with Gasteiger partial charge in [-0.2, -0.15) is 0 Å². The van der Waals surface area contributed by atoms with E-state index in [-0.39, 0.29) is 0 Å². The molecule has 1 saturated heterocycles. The second-order valence-corrected chi connectivity index (χ2v) is 8.24. The zero-order valence-electron chi connectivity index (χ0n) is 18.2. The molecule has 1 aromatic carbocycles. The molecule has 1 heterocycles. The Balaban J connectivity index is 1.35. The smallest absolute Gasteiger partial charge is 0.119 e. The Bertz CT molecular complexity index is 502. The van der Waals surface area contributed by atoms with Gasteiger partial charge in [0.25, 0.3) is 0 Å². The van der Waals surface area contributed by atoms with Crippen LogP contribution in [-0.4, -0.2) is 19.3 Å². The fourth-order valence-electron chi connectivity index (χ4n) is 3.51. The summed E-state index contributed by atoms with van der Waals surface area (Å²) in [6.45, 7) is 3.82. The SMILES string of the molecule is CCCCCCCCCCC/C=C/CCCCc1ccc(OCC2CO2)cc1. The van der Waals surface area contributed by atoms with Gasteiger partial charge in [-0.3, -0.25) is 0 Å². The molecule has 0 N–H and O–H groups in total. The van der Waals surface area contributed by atoms with Crippen molar-refractivity contribution in [1.29, 1.82) is 0 Å². The molecule has 0 amide bonds. The van der Waals surface area contributed by atoms with Crippen molar-refractivity contribution in [3.05, 3.63) is 42.0 Å². The van der Waals surface area contributed by atoms with Crippen molar-refractivity contribution in [2.75, 3.05) is 13.2 Å². The molecule has 1 aliphatic rings. The maximum Gasteiger partial charge on any atom is 0.119 e. The number of hydrogen-bond donors (Lipinski definition) is 0.